The van der Waals surface area contributed by atoms with E-state index in [-0.39, 0.29) is 11.9 Å². The molecule has 2 aromatic rings. The molecular formula is C25H30ClN5O2. The van der Waals surface area contributed by atoms with E-state index < -0.39 is 0 Å². The van der Waals surface area contributed by atoms with Gasteiger partial charge in [-0.1, -0.05) is 18.0 Å². The smallest absolute Gasteiger partial charge is 0.324 e. The highest BCUT2D eigenvalue weighted by molar-refractivity contribution is 6.31. The Bertz CT molecular complexity index is 1040. The van der Waals surface area contributed by atoms with Crippen molar-refractivity contribution in [3.05, 3.63) is 47.1 Å². The van der Waals surface area contributed by atoms with Crippen LogP contribution in [-0.2, 0) is 0 Å². The van der Waals surface area contributed by atoms with E-state index in [9.17, 15) is 9.59 Å². The van der Waals surface area contributed by atoms with Gasteiger partial charge in [0.15, 0.2) is 5.82 Å². The number of carbonyl (C=O) groups excluding carboxylic acids is 2. The first kappa shape index (κ1) is 22.2. The van der Waals surface area contributed by atoms with Crippen molar-refractivity contribution < 1.29 is 9.59 Å². The molecule has 1 aromatic heterocycles. The normalized spacial score (nSPS) is 21.1. The van der Waals surface area contributed by atoms with Crippen LogP contribution in [0.25, 0.3) is 0 Å². The number of amides is 3. The molecule has 174 valence electrons. The van der Waals surface area contributed by atoms with Gasteiger partial charge in [-0.3, -0.25) is 4.79 Å². The maximum absolute atomic E-state index is 13.9. The Kier molecular flexibility index (Phi) is 6.51. The number of nitrogens with one attached hydrogen (secondary N) is 1. The van der Waals surface area contributed by atoms with Crippen LogP contribution in [0.5, 0.6) is 0 Å². The predicted molar refractivity (Wildman–Crippen MR) is 130 cm³/mol. The Morgan fingerprint density at radius 2 is 1.97 bits per heavy atom. The molecule has 8 heteroatoms. The van der Waals surface area contributed by atoms with Crippen molar-refractivity contribution in [2.24, 2.45) is 5.92 Å². The summed E-state index contributed by atoms with van der Waals surface area (Å²) in [6.45, 7) is 4.93. The fourth-order valence-corrected chi connectivity index (χ4v) is 5.38. The minimum Gasteiger partial charge on any atom is -0.324 e. The minimum atomic E-state index is -0.274. The Morgan fingerprint density at radius 1 is 1.12 bits per heavy atom. The molecule has 1 N–H and O–H groups in total. The van der Waals surface area contributed by atoms with Crippen LogP contribution in [0.15, 0.2) is 36.5 Å². The molecule has 7 nitrogen and oxygen atoms in total. The molecule has 3 amide bonds. The summed E-state index contributed by atoms with van der Waals surface area (Å²) in [5, 5.41) is 3.36. The number of hydrogen-bond donors (Lipinski definition) is 1. The van der Waals surface area contributed by atoms with Gasteiger partial charge in [0.25, 0.3) is 5.91 Å². The van der Waals surface area contributed by atoms with Crippen LogP contribution >= 0.6 is 11.6 Å². The van der Waals surface area contributed by atoms with E-state index in [1.807, 2.05) is 4.90 Å². The Hall–Kier alpha value is -2.64. The number of pyridine rings is 1. The molecule has 1 atom stereocenters. The number of benzene rings is 1. The number of nitrogens with zero attached hydrogens (tertiary/aromatic N) is 4. The molecule has 0 bridgehead atoms. The largest absolute Gasteiger partial charge is 0.330 e. The summed E-state index contributed by atoms with van der Waals surface area (Å²) < 4.78 is 0. The van der Waals surface area contributed by atoms with Crippen LogP contribution in [-0.4, -0.2) is 59.4 Å². The van der Waals surface area contributed by atoms with Crippen molar-refractivity contribution in [2.75, 3.05) is 42.9 Å². The fourth-order valence-electron chi connectivity index (χ4n) is 5.22. The minimum absolute atomic E-state index is 0.155. The predicted octanol–water partition coefficient (Wildman–Crippen LogP) is 5.15. The van der Waals surface area contributed by atoms with Crippen LogP contribution in [0.3, 0.4) is 0 Å². The second kappa shape index (κ2) is 9.69. The van der Waals surface area contributed by atoms with Crippen molar-refractivity contribution >= 4 is 40.7 Å². The number of halogens is 1. The SMILES string of the molecule is O=C1Nc2cccnc2N(C(=O)N2CCCC(CCN3CCCCC3)C2)c2cc(Cl)ccc21. The van der Waals surface area contributed by atoms with E-state index in [4.69, 9.17) is 11.6 Å². The van der Waals surface area contributed by atoms with E-state index in [1.165, 1.54) is 32.4 Å². The molecule has 0 spiro atoms. The summed E-state index contributed by atoms with van der Waals surface area (Å²) in [6, 6.07) is 8.38. The van der Waals surface area contributed by atoms with Gasteiger partial charge in [-0.2, -0.15) is 0 Å². The topological polar surface area (TPSA) is 68.8 Å². The lowest BCUT2D eigenvalue weighted by Crippen LogP contribution is -2.47. The summed E-state index contributed by atoms with van der Waals surface area (Å²) >= 11 is 6.29. The van der Waals surface area contributed by atoms with Crippen molar-refractivity contribution in [1.29, 1.82) is 0 Å². The molecule has 2 fully saturated rings. The zero-order valence-electron chi connectivity index (χ0n) is 18.8. The van der Waals surface area contributed by atoms with E-state index in [0.717, 1.165) is 32.4 Å². The summed E-state index contributed by atoms with van der Waals surface area (Å²) in [7, 11) is 0. The quantitative estimate of drug-likeness (QED) is 0.678. The van der Waals surface area contributed by atoms with Crippen LogP contribution in [0.2, 0.25) is 5.02 Å². The Morgan fingerprint density at radius 3 is 2.82 bits per heavy atom. The number of anilines is 3. The van der Waals surface area contributed by atoms with E-state index in [0.29, 0.717) is 40.2 Å². The van der Waals surface area contributed by atoms with Gasteiger partial charge in [0.2, 0.25) is 0 Å². The number of rotatable bonds is 3. The van der Waals surface area contributed by atoms with Gasteiger partial charge in [-0.05, 0) is 88.0 Å². The third-order valence-electron chi connectivity index (χ3n) is 6.98. The number of likely N-dealkylation sites (tertiary alicyclic amines) is 2. The first-order valence-corrected chi connectivity index (χ1v) is 12.4. The van der Waals surface area contributed by atoms with E-state index in [1.54, 1.807) is 41.4 Å². The molecule has 1 unspecified atom stereocenters. The van der Waals surface area contributed by atoms with Crippen LogP contribution < -0.4 is 10.2 Å². The van der Waals surface area contributed by atoms with Gasteiger partial charge in [0.1, 0.15) is 0 Å². The third-order valence-corrected chi connectivity index (χ3v) is 7.21. The molecule has 0 aliphatic carbocycles. The van der Waals surface area contributed by atoms with Gasteiger partial charge >= 0.3 is 6.03 Å². The van der Waals surface area contributed by atoms with Crippen LogP contribution in [0, 0.1) is 5.92 Å². The van der Waals surface area contributed by atoms with Gasteiger partial charge in [-0.15, -0.1) is 0 Å². The number of piperidine rings is 2. The summed E-state index contributed by atoms with van der Waals surface area (Å²) in [6.07, 6.45) is 8.82. The number of aromatic nitrogens is 1. The van der Waals surface area contributed by atoms with E-state index >= 15 is 0 Å². The van der Waals surface area contributed by atoms with Crippen molar-refractivity contribution in [3.8, 4) is 0 Å². The summed E-state index contributed by atoms with van der Waals surface area (Å²) in [5.74, 6) is 0.634. The zero-order chi connectivity index (χ0) is 22.8. The molecule has 1 aromatic carbocycles. The fraction of sp³-hybridized carbons (Fsp3) is 0.480. The van der Waals surface area contributed by atoms with Crippen molar-refractivity contribution in [3.63, 3.8) is 0 Å². The van der Waals surface area contributed by atoms with E-state index in [2.05, 4.69) is 15.2 Å². The van der Waals surface area contributed by atoms with Crippen molar-refractivity contribution in [1.82, 2.24) is 14.8 Å². The number of fused-ring (bicyclic) bond motifs is 2. The zero-order valence-corrected chi connectivity index (χ0v) is 19.6. The Labute approximate surface area is 199 Å². The van der Waals surface area contributed by atoms with Gasteiger partial charge in [0, 0.05) is 24.3 Å². The highest BCUT2D eigenvalue weighted by Gasteiger charge is 2.35. The second-order valence-corrected chi connectivity index (χ2v) is 9.69. The molecule has 33 heavy (non-hydrogen) atoms. The van der Waals surface area contributed by atoms with Gasteiger partial charge < -0.3 is 15.1 Å². The highest BCUT2D eigenvalue weighted by atomic mass is 35.5. The maximum Gasteiger partial charge on any atom is 0.330 e. The molecule has 5 rings (SSSR count). The number of carbonyl (C=O) groups is 2. The highest BCUT2D eigenvalue weighted by Crippen LogP contribution is 2.39. The monoisotopic (exact) mass is 467 g/mol. The lowest BCUT2D eigenvalue weighted by molar-refractivity contribution is 0.102. The average Bonchev–Trinajstić information content (AvgIpc) is 2.96. The molecule has 3 aliphatic rings. The molecule has 0 saturated carbocycles. The lowest BCUT2D eigenvalue weighted by atomic mass is 9.94. The summed E-state index contributed by atoms with van der Waals surface area (Å²) in [4.78, 5) is 37.3. The van der Waals surface area contributed by atoms with Gasteiger partial charge in [-0.25, -0.2) is 14.7 Å². The molecule has 0 radical (unpaired) electrons. The molecule has 2 saturated heterocycles. The van der Waals surface area contributed by atoms with Crippen molar-refractivity contribution in [2.45, 2.75) is 38.5 Å². The molecular weight excluding hydrogens is 438 g/mol. The number of hydrogen-bond acceptors (Lipinski definition) is 4. The van der Waals surface area contributed by atoms with Crippen LogP contribution in [0.4, 0.5) is 22.0 Å². The lowest BCUT2D eigenvalue weighted by Gasteiger charge is -2.37. The molecule has 4 heterocycles. The first-order valence-electron chi connectivity index (χ1n) is 12.0. The summed E-state index contributed by atoms with van der Waals surface area (Å²) in [5.41, 5.74) is 1.39. The van der Waals surface area contributed by atoms with Crippen LogP contribution in [0.1, 0.15) is 48.9 Å². The second-order valence-electron chi connectivity index (χ2n) is 9.25. The molecule has 3 aliphatic heterocycles. The maximum atomic E-state index is 13.9. The standard InChI is InChI=1S/C25H30ClN5O2/c26-19-8-9-20-22(16-19)31(23-21(28-24(20)32)7-4-11-27-23)25(33)30-14-5-6-18(17-30)10-15-29-12-2-1-3-13-29/h4,7-9,11,16,18H,1-3,5-6,10,12-15,17H2,(H,28,32). The first-order chi connectivity index (χ1) is 16.1. The third kappa shape index (κ3) is 4.70. The van der Waals surface area contributed by atoms with Gasteiger partial charge in [0.05, 0.1) is 16.9 Å². The Balaban J connectivity index is 1.39. The average molecular weight is 468 g/mol. The number of urea groups is 1.